The van der Waals surface area contributed by atoms with E-state index in [0.29, 0.717) is 0 Å². The molecule has 1 aliphatic rings. The maximum absolute atomic E-state index is 3.35. The van der Waals surface area contributed by atoms with Crippen molar-refractivity contribution in [3.05, 3.63) is 41.8 Å². The third kappa shape index (κ3) is 2.16. The van der Waals surface area contributed by atoms with Crippen LogP contribution in [0.4, 0.5) is 0 Å². The van der Waals surface area contributed by atoms with E-state index in [1.165, 1.54) is 5.36 Å². The van der Waals surface area contributed by atoms with Gasteiger partial charge in [0.1, 0.15) is 0 Å². The number of hydrogen-bond acceptors (Lipinski definition) is 1. The second-order valence-corrected chi connectivity index (χ2v) is 3.27. The third-order valence-electron chi connectivity index (χ3n) is 2.35. The van der Waals surface area contributed by atoms with E-state index in [9.17, 15) is 0 Å². The zero-order valence-corrected chi connectivity index (χ0v) is 7.74. The molecule has 0 aliphatic carbocycles. The van der Waals surface area contributed by atoms with Gasteiger partial charge in [0.25, 0.3) is 0 Å². The number of piperazine rings is 1. The summed E-state index contributed by atoms with van der Waals surface area (Å²) in [6.07, 6.45) is 0. The third-order valence-corrected chi connectivity index (χ3v) is 2.35. The van der Waals surface area contributed by atoms with Crippen LogP contribution >= 0.6 is 0 Å². The zero-order valence-electron chi connectivity index (χ0n) is 7.74. The first-order valence-electron chi connectivity index (χ1n) is 4.81. The Hall–Kier alpha value is -1.15. The number of hydrogen-bond donors (Lipinski definition) is 1. The normalized spacial score (nSPS) is 17.1. The predicted octanol–water partition coefficient (Wildman–Crippen LogP) is 0.0620. The van der Waals surface area contributed by atoms with Crippen LogP contribution in [-0.4, -0.2) is 26.2 Å². The minimum atomic E-state index is 1.10. The summed E-state index contributed by atoms with van der Waals surface area (Å²) in [5.74, 6) is 0. The molecule has 1 N–H and O–H groups in total. The fourth-order valence-electron chi connectivity index (χ4n) is 1.63. The van der Waals surface area contributed by atoms with E-state index >= 15 is 0 Å². The lowest BCUT2D eigenvalue weighted by atomic mass is 10.4. The van der Waals surface area contributed by atoms with E-state index in [4.69, 9.17) is 0 Å². The molecule has 1 aromatic rings. The van der Waals surface area contributed by atoms with Gasteiger partial charge in [-0.15, -0.1) is 0 Å². The first kappa shape index (κ1) is 8.45. The van der Waals surface area contributed by atoms with Gasteiger partial charge < -0.3 is 5.32 Å². The molecule has 0 atom stereocenters. The van der Waals surface area contributed by atoms with Crippen molar-refractivity contribution in [1.82, 2.24) is 9.89 Å². The van der Waals surface area contributed by atoms with Crippen LogP contribution in [0.15, 0.2) is 36.4 Å². The van der Waals surface area contributed by atoms with Gasteiger partial charge in [0.15, 0.2) is 18.4 Å². The fraction of sp³-hybridized carbons (Fsp3) is 0.364. The monoisotopic (exact) mass is 175 g/mol. The van der Waals surface area contributed by atoms with Crippen LogP contribution in [0, 0.1) is 0 Å². The van der Waals surface area contributed by atoms with Gasteiger partial charge in [-0.05, 0) is 0 Å². The van der Waals surface area contributed by atoms with Crippen LogP contribution in [0.3, 0.4) is 0 Å². The van der Waals surface area contributed by atoms with Gasteiger partial charge in [-0.1, -0.05) is 24.3 Å². The van der Waals surface area contributed by atoms with Crippen molar-refractivity contribution in [2.24, 2.45) is 0 Å². The summed E-state index contributed by atoms with van der Waals surface area (Å²) in [5.41, 5.74) is 0. The molecule has 0 radical (unpaired) electrons. The van der Waals surface area contributed by atoms with Crippen LogP contribution < -0.4 is 15.2 Å². The highest BCUT2D eigenvalue weighted by Gasteiger charge is 2.09. The quantitative estimate of drug-likeness (QED) is 0.551. The van der Waals surface area contributed by atoms with Crippen LogP contribution in [0.1, 0.15) is 0 Å². The van der Waals surface area contributed by atoms with Crippen LogP contribution in [0.2, 0.25) is 0 Å². The van der Waals surface area contributed by atoms with Crippen molar-refractivity contribution in [3.63, 3.8) is 0 Å². The van der Waals surface area contributed by atoms with Gasteiger partial charge in [0.2, 0.25) is 0 Å². The lowest BCUT2D eigenvalue weighted by molar-refractivity contribution is 0.467. The van der Waals surface area contributed by atoms with Crippen molar-refractivity contribution < 1.29 is 0 Å². The Morgan fingerprint density at radius 1 is 0.923 bits per heavy atom. The van der Waals surface area contributed by atoms with E-state index in [0.717, 1.165) is 26.2 Å². The SMILES string of the molecule is c1cccc(=[N+]2CCNCC2)cc1. The van der Waals surface area contributed by atoms with Gasteiger partial charge in [0, 0.05) is 12.1 Å². The van der Waals surface area contributed by atoms with E-state index in [1.54, 1.807) is 0 Å². The van der Waals surface area contributed by atoms with E-state index in [-0.39, 0.29) is 0 Å². The van der Waals surface area contributed by atoms with Crippen molar-refractivity contribution >= 4 is 0 Å². The molecule has 0 spiro atoms. The van der Waals surface area contributed by atoms with Crippen molar-refractivity contribution in [2.75, 3.05) is 26.2 Å². The Kier molecular flexibility index (Phi) is 2.72. The zero-order chi connectivity index (χ0) is 8.93. The molecule has 0 unspecified atom stereocenters. The minimum absolute atomic E-state index is 1.10. The van der Waals surface area contributed by atoms with E-state index in [1.807, 2.05) is 0 Å². The van der Waals surface area contributed by atoms with Crippen LogP contribution in [0.25, 0.3) is 0 Å². The molecule has 1 heterocycles. The number of nitrogens with zero attached hydrogens (tertiary/aromatic N) is 1. The second kappa shape index (κ2) is 4.19. The summed E-state index contributed by atoms with van der Waals surface area (Å²) in [7, 11) is 0. The lowest BCUT2D eigenvalue weighted by Crippen LogP contribution is -2.45. The molecule has 1 saturated heterocycles. The number of nitrogens with one attached hydrogen (secondary N) is 1. The molecule has 1 aliphatic heterocycles. The first-order chi connectivity index (χ1) is 6.47. The van der Waals surface area contributed by atoms with E-state index in [2.05, 4.69) is 46.3 Å². The Morgan fingerprint density at radius 2 is 1.54 bits per heavy atom. The summed E-state index contributed by atoms with van der Waals surface area (Å²) in [6, 6.07) is 12.7. The maximum Gasteiger partial charge on any atom is 0.199 e. The van der Waals surface area contributed by atoms with Gasteiger partial charge >= 0.3 is 0 Å². The second-order valence-electron chi connectivity index (χ2n) is 3.27. The first-order valence-corrected chi connectivity index (χ1v) is 4.81. The van der Waals surface area contributed by atoms with Crippen molar-refractivity contribution in [2.45, 2.75) is 0 Å². The molecule has 0 saturated carbocycles. The lowest BCUT2D eigenvalue weighted by Gasteiger charge is -2.10. The molecular formula is C11H15N2+. The molecule has 0 amide bonds. The highest BCUT2D eigenvalue weighted by atomic mass is 15.1. The van der Waals surface area contributed by atoms with Crippen molar-refractivity contribution in [1.29, 1.82) is 0 Å². The van der Waals surface area contributed by atoms with Crippen LogP contribution in [-0.2, 0) is 0 Å². The molecule has 13 heavy (non-hydrogen) atoms. The van der Waals surface area contributed by atoms with Gasteiger partial charge in [-0.2, -0.15) is 0 Å². The standard InChI is InChI=1S/C11H15N2/c1-2-4-6-11(5-3-1)13-9-7-12-8-10-13/h1-6,12H,7-10H2/q+1. The summed E-state index contributed by atoms with van der Waals surface area (Å²) in [5, 5.41) is 4.68. The maximum atomic E-state index is 3.35. The summed E-state index contributed by atoms with van der Waals surface area (Å²) in [4.78, 5) is 0. The Bertz CT molecular complexity index is 314. The molecule has 1 aromatic carbocycles. The predicted molar refractivity (Wildman–Crippen MR) is 54.3 cm³/mol. The average Bonchev–Trinajstić information content (AvgIpc) is 2.47. The van der Waals surface area contributed by atoms with Crippen molar-refractivity contribution in [3.8, 4) is 0 Å². The molecule has 2 heteroatoms. The Balaban J connectivity index is 2.42. The highest BCUT2D eigenvalue weighted by molar-refractivity contribution is 5.00. The summed E-state index contributed by atoms with van der Waals surface area (Å²) in [6.45, 7) is 4.42. The van der Waals surface area contributed by atoms with Gasteiger partial charge in [-0.25, -0.2) is 4.58 Å². The summed E-state index contributed by atoms with van der Waals surface area (Å²) < 4.78 is 2.41. The molecule has 1 fully saturated rings. The molecule has 68 valence electrons. The fourth-order valence-corrected chi connectivity index (χ4v) is 1.63. The van der Waals surface area contributed by atoms with Gasteiger partial charge in [0.05, 0.1) is 13.1 Å². The molecule has 2 rings (SSSR count). The molecule has 0 bridgehead atoms. The van der Waals surface area contributed by atoms with Crippen LogP contribution in [0.5, 0.6) is 0 Å². The average molecular weight is 175 g/mol. The molecule has 2 nitrogen and oxygen atoms in total. The number of rotatable bonds is 0. The smallest absolute Gasteiger partial charge is 0.199 e. The largest absolute Gasteiger partial charge is 0.305 e. The molecular weight excluding hydrogens is 160 g/mol. The Morgan fingerprint density at radius 3 is 2.15 bits per heavy atom. The Labute approximate surface area is 78.6 Å². The topological polar surface area (TPSA) is 15.0 Å². The van der Waals surface area contributed by atoms with Gasteiger partial charge in [-0.3, -0.25) is 0 Å². The molecule has 0 aromatic heterocycles. The summed E-state index contributed by atoms with van der Waals surface area (Å²) >= 11 is 0. The highest BCUT2D eigenvalue weighted by Crippen LogP contribution is 1.80. The van der Waals surface area contributed by atoms with E-state index < -0.39 is 0 Å². The minimum Gasteiger partial charge on any atom is -0.305 e.